The Morgan fingerprint density at radius 2 is 2.00 bits per heavy atom. The first-order chi connectivity index (χ1) is 8.09. The van der Waals surface area contributed by atoms with Gasteiger partial charge >= 0.3 is 0 Å². The number of aliphatic hydroxyl groups is 1. The molecule has 0 aromatic heterocycles. The summed E-state index contributed by atoms with van der Waals surface area (Å²) in [6.45, 7) is 1.79. The van der Waals surface area contributed by atoms with Crippen molar-refractivity contribution in [3.8, 4) is 0 Å². The average molecular weight is 298 g/mol. The highest BCUT2D eigenvalue weighted by atomic mass is 79.9. The Labute approximate surface area is 112 Å². The average Bonchev–Trinajstić information content (AvgIpc) is 2.81. The predicted molar refractivity (Wildman–Crippen MR) is 75.4 cm³/mol. The minimum Gasteiger partial charge on any atom is -0.389 e. The van der Waals surface area contributed by atoms with Gasteiger partial charge in [-0.15, -0.1) is 0 Å². The molecule has 0 heterocycles. The molecule has 1 fully saturated rings. The number of benzene rings is 1. The number of anilines is 1. The van der Waals surface area contributed by atoms with Crippen molar-refractivity contribution >= 4 is 21.6 Å². The van der Waals surface area contributed by atoms with E-state index in [1.165, 1.54) is 31.4 Å². The molecular weight excluding hydrogens is 278 g/mol. The van der Waals surface area contributed by atoms with Gasteiger partial charge in [-0.2, -0.15) is 0 Å². The highest BCUT2D eigenvalue weighted by Gasteiger charge is 2.21. The minimum atomic E-state index is -0.405. The summed E-state index contributed by atoms with van der Waals surface area (Å²) in [6.07, 6.45) is 4.87. The van der Waals surface area contributed by atoms with E-state index in [4.69, 9.17) is 0 Å². The second-order valence-electron chi connectivity index (χ2n) is 4.94. The monoisotopic (exact) mass is 297 g/mol. The smallest absolute Gasteiger partial charge is 0.0762 e. The van der Waals surface area contributed by atoms with Gasteiger partial charge in [-0.05, 0) is 53.4 Å². The SMILES string of the molecule is C[C@@H](O)c1ccc(N(C)C2CCCC2)c(Br)c1. The normalized spacial score (nSPS) is 18.4. The molecule has 1 saturated carbocycles. The maximum absolute atomic E-state index is 9.55. The van der Waals surface area contributed by atoms with Crippen LogP contribution >= 0.6 is 15.9 Å². The molecule has 0 radical (unpaired) electrons. The fourth-order valence-electron chi connectivity index (χ4n) is 2.56. The number of aliphatic hydroxyl groups excluding tert-OH is 1. The summed E-state index contributed by atoms with van der Waals surface area (Å²) in [7, 11) is 2.16. The summed E-state index contributed by atoms with van der Waals surface area (Å²) in [6, 6.07) is 6.80. The standard InChI is InChI=1S/C14H20BrNO/c1-10(17)11-7-8-14(13(15)9-11)16(2)12-5-3-4-6-12/h7-10,12,17H,3-6H2,1-2H3/t10-/m1/s1. The van der Waals surface area contributed by atoms with Gasteiger partial charge in [0.15, 0.2) is 0 Å². The summed E-state index contributed by atoms with van der Waals surface area (Å²) in [5.41, 5.74) is 2.18. The van der Waals surface area contributed by atoms with Crippen LogP contribution in [0.2, 0.25) is 0 Å². The van der Waals surface area contributed by atoms with Gasteiger partial charge < -0.3 is 10.0 Å². The molecule has 0 spiro atoms. The summed E-state index contributed by atoms with van der Waals surface area (Å²) >= 11 is 3.61. The first kappa shape index (κ1) is 12.9. The molecule has 0 amide bonds. The number of hydrogen-bond acceptors (Lipinski definition) is 2. The van der Waals surface area contributed by atoms with Crippen molar-refractivity contribution in [1.82, 2.24) is 0 Å². The Kier molecular flexibility index (Phi) is 4.10. The fraction of sp³-hybridized carbons (Fsp3) is 0.571. The summed E-state index contributed by atoms with van der Waals surface area (Å²) < 4.78 is 1.07. The van der Waals surface area contributed by atoms with Gasteiger partial charge in [0.25, 0.3) is 0 Å². The Morgan fingerprint density at radius 1 is 1.35 bits per heavy atom. The molecule has 0 aliphatic heterocycles. The molecule has 0 bridgehead atoms. The number of halogens is 1. The second-order valence-corrected chi connectivity index (χ2v) is 5.79. The van der Waals surface area contributed by atoms with Crippen LogP contribution in [0.4, 0.5) is 5.69 Å². The van der Waals surface area contributed by atoms with Crippen molar-refractivity contribution in [3.05, 3.63) is 28.2 Å². The molecule has 1 atom stereocenters. The molecule has 1 aromatic rings. The van der Waals surface area contributed by atoms with Crippen LogP contribution in [0.15, 0.2) is 22.7 Å². The number of hydrogen-bond donors (Lipinski definition) is 1. The number of rotatable bonds is 3. The predicted octanol–water partition coefficient (Wildman–Crippen LogP) is 3.88. The van der Waals surface area contributed by atoms with E-state index in [0.29, 0.717) is 6.04 Å². The molecule has 2 nitrogen and oxygen atoms in total. The lowest BCUT2D eigenvalue weighted by atomic mass is 10.1. The van der Waals surface area contributed by atoms with Gasteiger partial charge in [-0.1, -0.05) is 18.9 Å². The molecule has 3 heteroatoms. The second kappa shape index (κ2) is 5.40. The minimum absolute atomic E-state index is 0.405. The Balaban J connectivity index is 2.20. The Hall–Kier alpha value is -0.540. The van der Waals surface area contributed by atoms with E-state index >= 15 is 0 Å². The van der Waals surface area contributed by atoms with Gasteiger partial charge in [0.2, 0.25) is 0 Å². The zero-order chi connectivity index (χ0) is 12.4. The first-order valence-electron chi connectivity index (χ1n) is 6.30. The van der Waals surface area contributed by atoms with Gasteiger partial charge in [0.1, 0.15) is 0 Å². The zero-order valence-electron chi connectivity index (χ0n) is 10.5. The van der Waals surface area contributed by atoms with Gasteiger partial charge in [0, 0.05) is 17.6 Å². The van der Waals surface area contributed by atoms with E-state index < -0.39 is 6.10 Å². The maximum atomic E-state index is 9.55. The van der Waals surface area contributed by atoms with Crippen LogP contribution in [-0.2, 0) is 0 Å². The van der Waals surface area contributed by atoms with Crippen LogP contribution in [-0.4, -0.2) is 18.2 Å². The molecule has 94 valence electrons. The molecule has 0 saturated heterocycles. The van der Waals surface area contributed by atoms with E-state index in [1.807, 2.05) is 12.1 Å². The molecule has 1 aromatic carbocycles. The van der Waals surface area contributed by atoms with E-state index in [-0.39, 0.29) is 0 Å². The van der Waals surface area contributed by atoms with Gasteiger partial charge in [0.05, 0.1) is 11.8 Å². The van der Waals surface area contributed by atoms with E-state index in [0.717, 1.165) is 10.0 Å². The van der Waals surface area contributed by atoms with Gasteiger partial charge in [-0.25, -0.2) is 0 Å². The molecule has 1 aliphatic carbocycles. The summed E-state index contributed by atoms with van der Waals surface area (Å²) in [5.74, 6) is 0. The lowest BCUT2D eigenvalue weighted by molar-refractivity contribution is 0.199. The van der Waals surface area contributed by atoms with Crippen LogP contribution in [0, 0.1) is 0 Å². The largest absolute Gasteiger partial charge is 0.389 e. The van der Waals surface area contributed by atoms with Crippen molar-refractivity contribution < 1.29 is 5.11 Å². The molecular formula is C14H20BrNO. The lowest BCUT2D eigenvalue weighted by Gasteiger charge is -2.28. The first-order valence-corrected chi connectivity index (χ1v) is 7.09. The summed E-state index contributed by atoms with van der Waals surface area (Å²) in [4.78, 5) is 2.36. The topological polar surface area (TPSA) is 23.5 Å². The summed E-state index contributed by atoms with van der Waals surface area (Å²) in [5, 5.41) is 9.55. The van der Waals surface area contributed by atoms with Crippen molar-refractivity contribution in [2.45, 2.75) is 44.8 Å². The maximum Gasteiger partial charge on any atom is 0.0762 e. The highest BCUT2D eigenvalue weighted by Crippen LogP contribution is 2.33. The lowest BCUT2D eigenvalue weighted by Crippen LogP contribution is -2.29. The Bertz CT molecular complexity index is 386. The van der Waals surface area contributed by atoms with E-state index in [9.17, 15) is 5.11 Å². The number of nitrogens with zero attached hydrogens (tertiary/aromatic N) is 1. The third kappa shape index (κ3) is 2.83. The highest BCUT2D eigenvalue weighted by molar-refractivity contribution is 9.10. The quantitative estimate of drug-likeness (QED) is 0.915. The Morgan fingerprint density at radius 3 is 2.53 bits per heavy atom. The zero-order valence-corrected chi connectivity index (χ0v) is 12.1. The van der Waals surface area contributed by atoms with Crippen LogP contribution in [0.3, 0.4) is 0 Å². The molecule has 2 rings (SSSR count). The van der Waals surface area contributed by atoms with Crippen LogP contribution in [0.25, 0.3) is 0 Å². The van der Waals surface area contributed by atoms with E-state index in [1.54, 1.807) is 6.92 Å². The third-order valence-corrected chi connectivity index (χ3v) is 4.34. The molecule has 1 aliphatic rings. The fourth-order valence-corrected chi connectivity index (χ4v) is 3.23. The molecule has 0 unspecified atom stereocenters. The molecule has 1 N–H and O–H groups in total. The van der Waals surface area contributed by atoms with Crippen molar-refractivity contribution in [2.75, 3.05) is 11.9 Å². The van der Waals surface area contributed by atoms with Crippen LogP contribution in [0.1, 0.15) is 44.3 Å². The van der Waals surface area contributed by atoms with Gasteiger partial charge in [-0.3, -0.25) is 0 Å². The van der Waals surface area contributed by atoms with Crippen LogP contribution < -0.4 is 4.90 Å². The van der Waals surface area contributed by atoms with Crippen molar-refractivity contribution in [1.29, 1.82) is 0 Å². The van der Waals surface area contributed by atoms with Crippen molar-refractivity contribution in [2.24, 2.45) is 0 Å². The van der Waals surface area contributed by atoms with Crippen molar-refractivity contribution in [3.63, 3.8) is 0 Å². The molecule has 17 heavy (non-hydrogen) atoms. The van der Waals surface area contributed by atoms with E-state index in [2.05, 4.69) is 33.9 Å². The van der Waals surface area contributed by atoms with Crippen LogP contribution in [0.5, 0.6) is 0 Å². The third-order valence-electron chi connectivity index (χ3n) is 3.71.